The topological polar surface area (TPSA) is 60.9 Å². The molecule has 26 heavy (non-hydrogen) atoms. The Labute approximate surface area is 157 Å². The summed E-state index contributed by atoms with van der Waals surface area (Å²) in [5.41, 5.74) is 0.700. The van der Waals surface area contributed by atoms with Crippen LogP contribution in [0.1, 0.15) is 31.2 Å². The molecule has 0 aromatic heterocycles. The van der Waals surface area contributed by atoms with Gasteiger partial charge in [0.25, 0.3) is 0 Å². The van der Waals surface area contributed by atoms with Crippen LogP contribution >= 0.6 is 11.6 Å². The van der Waals surface area contributed by atoms with Gasteiger partial charge in [0.1, 0.15) is 0 Å². The highest BCUT2D eigenvalue weighted by molar-refractivity contribution is 6.31. The number of barbiturate groups is 1. The van der Waals surface area contributed by atoms with Gasteiger partial charge in [-0.3, -0.25) is 19.4 Å². The second kappa shape index (κ2) is 5.98. The van der Waals surface area contributed by atoms with Crippen LogP contribution in [0.25, 0.3) is 0 Å². The van der Waals surface area contributed by atoms with Crippen LogP contribution in [0.2, 0.25) is 5.02 Å². The van der Waals surface area contributed by atoms with E-state index < -0.39 is 11.4 Å². The Hall–Kier alpha value is -2.08. The summed E-state index contributed by atoms with van der Waals surface area (Å²) < 4.78 is 0. The Morgan fingerprint density at radius 3 is 2.42 bits per heavy atom. The highest BCUT2D eigenvalue weighted by Gasteiger charge is 2.62. The van der Waals surface area contributed by atoms with Gasteiger partial charge < -0.3 is 4.90 Å². The maximum Gasteiger partial charge on any atom is 0.332 e. The van der Waals surface area contributed by atoms with E-state index in [4.69, 9.17) is 11.6 Å². The van der Waals surface area contributed by atoms with E-state index in [2.05, 4.69) is 4.90 Å². The van der Waals surface area contributed by atoms with Crippen LogP contribution in [-0.2, 0) is 16.0 Å². The van der Waals surface area contributed by atoms with Gasteiger partial charge in [0.15, 0.2) is 5.41 Å². The molecule has 0 aliphatic carbocycles. The first kappa shape index (κ1) is 17.3. The predicted octanol–water partition coefficient (Wildman–Crippen LogP) is 2.68. The zero-order chi connectivity index (χ0) is 18.6. The Balaban J connectivity index is 1.93. The van der Waals surface area contributed by atoms with Crippen molar-refractivity contribution >= 4 is 35.1 Å². The quantitative estimate of drug-likeness (QED) is 0.654. The number of hydrogen-bond donors (Lipinski definition) is 0. The second-order valence-corrected chi connectivity index (χ2v) is 7.93. The van der Waals surface area contributed by atoms with Crippen molar-refractivity contribution in [2.24, 2.45) is 5.41 Å². The van der Waals surface area contributed by atoms with E-state index in [1.165, 1.54) is 14.1 Å². The molecule has 1 unspecified atom stereocenters. The van der Waals surface area contributed by atoms with Crippen LogP contribution in [-0.4, -0.2) is 54.3 Å². The molecule has 3 aliphatic rings. The van der Waals surface area contributed by atoms with Crippen LogP contribution in [0.4, 0.5) is 10.5 Å². The number of fused-ring (bicyclic) bond motifs is 4. The Morgan fingerprint density at radius 1 is 1.04 bits per heavy atom. The zero-order valence-electron chi connectivity index (χ0n) is 15.0. The summed E-state index contributed by atoms with van der Waals surface area (Å²) in [6.45, 7) is 0.779. The summed E-state index contributed by atoms with van der Waals surface area (Å²) >= 11 is 6.23. The summed E-state index contributed by atoms with van der Waals surface area (Å²) in [5, 5.41) is 0.647. The molecule has 1 atom stereocenters. The third kappa shape index (κ3) is 2.21. The van der Waals surface area contributed by atoms with E-state index in [1.807, 2.05) is 12.1 Å². The molecule has 138 valence electrons. The molecule has 0 saturated carbocycles. The van der Waals surface area contributed by atoms with E-state index in [9.17, 15) is 14.4 Å². The van der Waals surface area contributed by atoms with E-state index in [1.54, 1.807) is 6.07 Å². The lowest BCUT2D eigenvalue weighted by atomic mass is 9.67. The second-order valence-electron chi connectivity index (χ2n) is 7.49. The molecule has 1 aromatic carbocycles. The minimum atomic E-state index is -1.25. The van der Waals surface area contributed by atoms with Gasteiger partial charge in [-0.05, 0) is 37.0 Å². The number of benzene rings is 1. The smallest absolute Gasteiger partial charge is 0.332 e. The number of amides is 4. The number of rotatable bonds is 0. The lowest BCUT2D eigenvalue weighted by Crippen LogP contribution is -2.71. The summed E-state index contributed by atoms with van der Waals surface area (Å²) in [6, 6.07) is 4.81. The number of hydrogen-bond acceptors (Lipinski definition) is 4. The van der Waals surface area contributed by atoms with Crippen LogP contribution in [0.5, 0.6) is 0 Å². The SMILES string of the molecule is CN1C(=O)N(C)C(=O)C2(Cc3ccc(Cl)cc3N3CCCCCC32)C1=O. The van der Waals surface area contributed by atoms with E-state index >= 15 is 0 Å². The fourth-order valence-electron chi connectivity index (χ4n) is 4.81. The highest BCUT2D eigenvalue weighted by atomic mass is 35.5. The van der Waals surface area contributed by atoms with Crippen molar-refractivity contribution in [2.75, 3.05) is 25.5 Å². The van der Waals surface area contributed by atoms with Gasteiger partial charge in [-0.1, -0.05) is 30.5 Å². The third-order valence-electron chi connectivity index (χ3n) is 6.09. The molecule has 7 heteroatoms. The molecule has 0 bridgehead atoms. The molecule has 2 fully saturated rings. The van der Waals surface area contributed by atoms with Crippen molar-refractivity contribution in [1.29, 1.82) is 0 Å². The Morgan fingerprint density at radius 2 is 1.73 bits per heavy atom. The molecule has 3 heterocycles. The molecule has 4 amide bonds. The molecule has 1 spiro atoms. The van der Waals surface area contributed by atoms with E-state index in [0.29, 0.717) is 11.4 Å². The van der Waals surface area contributed by atoms with Gasteiger partial charge >= 0.3 is 6.03 Å². The summed E-state index contributed by atoms with van der Waals surface area (Å²) in [4.78, 5) is 43.3. The number of imide groups is 2. The fourth-order valence-corrected chi connectivity index (χ4v) is 4.97. The van der Waals surface area contributed by atoms with Crippen LogP contribution in [0.15, 0.2) is 18.2 Å². The van der Waals surface area contributed by atoms with Crippen LogP contribution in [0, 0.1) is 5.41 Å². The van der Waals surface area contributed by atoms with Crippen LogP contribution in [0.3, 0.4) is 0 Å². The molecular formula is C19H22ClN3O3. The molecule has 6 nitrogen and oxygen atoms in total. The number of anilines is 1. The molecule has 4 rings (SSSR count). The first-order chi connectivity index (χ1) is 12.4. The maximum atomic E-state index is 13.3. The van der Waals surface area contributed by atoms with Crippen molar-refractivity contribution in [3.8, 4) is 0 Å². The first-order valence-corrected chi connectivity index (χ1v) is 9.41. The molecular weight excluding hydrogens is 354 g/mol. The third-order valence-corrected chi connectivity index (χ3v) is 6.33. The first-order valence-electron chi connectivity index (χ1n) is 9.03. The molecule has 0 radical (unpaired) electrons. The minimum absolute atomic E-state index is 0.256. The van der Waals surface area contributed by atoms with Gasteiger partial charge in [-0.25, -0.2) is 4.79 Å². The molecule has 1 aromatic rings. The maximum absolute atomic E-state index is 13.3. The number of nitrogens with zero attached hydrogens (tertiary/aromatic N) is 3. The largest absolute Gasteiger partial charge is 0.367 e. The molecule has 2 saturated heterocycles. The average molecular weight is 376 g/mol. The Kier molecular flexibility index (Phi) is 3.99. The molecule has 0 N–H and O–H groups in total. The minimum Gasteiger partial charge on any atom is -0.367 e. The van der Waals surface area contributed by atoms with E-state index in [-0.39, 0.29) is 17.9 Å². The summed E-state index contributed by atoms with van der Waals surface area (Å²) in [6.07, 6.45) is 4.08. The summed E-state index contributed by atoms with van der Waals surface area (Å²) in [5.74, 6) is -0.772. The van der Waals surface area contributed by atoms with Crippen molar-refractivity contribution < 1.29 is 14.4 Å². The lowest BCUT2D eigenvalue weighted by Gasteiger charge is -2.52. The normalized spacial score (nSPS) is 25.3. The zero-order valence-corrected chi connectivity index (χ0v) is 15.8. The number of halogens is 1. The Bertz CT molecular complexity index is 785. The average Bonchev–Trinajstić information content (AvgIpc) is 2.90. The van der Waals surface area contributed by atoms with Gasteiger partial charge in [-0.15, -0.1) is 0 Å². The molecule has 3 aliphatic heterocycles. The van der Waals surface area contributed by atoms with Gasteiger partial charge in [0.05, 0.1) is 6.04 Å². The monoisotopic (exact) mass is 375 g/mol. The van der Waals surface area contributed by atoms with Gasteiger partial charge in [0, 0.05) is 31.4 Å². The van der Waals surface area contributed by atoms with Crippen molar-refractivity contribution in [3.63, 3.8) is 0 Å². The van der Waals surface area contributed by atoms with E-state index in [0.717, 1.165) is 53.3 Å². The highest BCUT2D eigenvalue weighted by Crippen LogP contribution is 2.48. The fraction of sp³-hybridized carbons (Fsp3) is 0.526. The van der Waals surface area contributed by atoms with Gasteiger partial charge in [0.2, 0.25) is 11.8 Å². The predicted molar refractivity (Wildman–Crippen MR) is 98.1 cm³/mol. The summed E-state index contributed by atoms with van der Waals surface area (Å²) in [7, 11) is 2.93. The number of urea groups is 1. The van der Waals surface area contributed by atoms with Crippen molar-refractivity contribution in [2.45, 2.75) is 38.1 Å². The lowest BCUT2D eigenvalue weighted by molar-refractivity contribution is -0.159. The number of carbonyl (C=O) groups excluding carboxylic acids is 3. The van der Waals surface area contributed by atoms with Gasteiger partial charge in [-0.2, -0.15) is 0 Å². The standard InChI is InChI=1S/C19H22ClN3O3/c1-21-16(24)19(17(25)22(2)18(21)26)11-12-7-8-13(20)10-14(12)23-9-5-3-4-6-15(19)23/h7-8,10,15H,3-6,9,11H2,1-2H3. The number of carbonyl (C=O) groups is 3. The van der Waals surface area contributed by atoms with Crippen molar-refractivity contribution in [1.82, 2.24) is 9.80 Å². The van der Waals surface area contributed by atoms with Crippen LogP contribution < -0.4 is 4.90 Å². The van der Waals surface area contributed by atoms with Crippen molar-refractivity contribution in [3.05, 3.63) is 28.8 Å².